The number of nitrogen functional groups attached to an aromatic ring is 2. The summed E-state index contributed by atoms with van der Waals surface area (Å²) in [5.74, 6) is 0.829. The van der Waals surface area contributed by atoms with Crippen LogP contribution in [0.1, 0.15) is 18.9 Å². The number of ether oxygens (including phenoxy) is 1. The molecule has 0 amide bonds. The van der Waals surface area contributed by atoms with Crippen molar-refractivity contribution < 1.29 is 4.74 Å². The second kappa shape index (κ2) is 5.89. The zero-order valence-corrected chi connectivity index (χ0v) is 11.1. The Kier molecular flexibility index (Phi) is 4.01. The van der Waals surface area contributed by atoms with Crippen molar-refractivity contribution in [2.24, 2.45) is 0 Å². The van der Waals surface area contributed by atoms with Crippen molar-refractivity contribution in [1.82, 2.24) is 9.97 Å². The molecule has 0 aliphatic carbocycles. The summed E-state index contributed by atoms with van der Waals surface area (Å²) < 4.78 is 5.56. The molecule has 2 aromatic rings. The van der Waals surface area contributed by atoms with Gasteiger partial charge in [0.15, 0.2) is 0 Å². The van der Waals surface area contributed by atoms with E-state index in [0.29, 0.717) is 18.1 Å². The second-order valence-electron chi connectivity index (χ2n) is 4.18. The first kappa shape index (κ1) is 13.6. The van der Waals surface area contributed by atoms with Crippen LogP contribution in [0.25, 0.3) is 11.3 Å². The molecule has 0 radical (unpaired) electrons. The van der Waals surface area contributed by atoms with Crippen molar-refractivity contribution in [3.8, 4) is 23.1 Å². The highest BCUT2D eigenvalue weighted by Crippen LogP contribution is 2.27. The Hall–Kier alpha value is -2.81. The van der Waals surface area contributed by atoms with E-state index in [0.717, 1.165) is 12.0 Å². The number of hydrogen-bond donors (Lipinski definition) is 2. The van der Waals surface area contributed by atoms with Crippen molar-refractivity contribution in [3.05, 3.63) is 29.8 Å². The molecular weight excluding hydrogens is 254 g/mol. The minimum absolute atomic E-state index is 0.0383. The zero-order chi connectivity index (χ0) is 14.5. The summed E-state index contributed by atoms with van der Waals surface area (Å²) in [6.07, 6.45) is 0.918. The lowest BCUT2D eigenvalue weighted by Gasteiger charge is -2.09. The first-order valence-electron chi connectivity index (χ1n) is 6.22. The third-order valence-electron chi connectivity index (χ3n) is 2.65. The fourth-order valence-corrected chi connectivity index (χ4v) is 1.77. The summed E-state index contributed by atoms with van der Waals surface area (Å²) in [6.45, 7) is 2.66. The van der Waals surface area contributed by atoms with Crippen LogP contribution >= 0.6 is 0 Å². The van der Waals surface area contributed by atoms with Gasteiger partial charge in [0.1, 0.15) is 23.2 Å². The van der Waals surface area contributed by atoms with E-state index in [4.69, 9.17) is 16.2 Å². The van der Waals surface area contributed by atoms with Gasteiger partial charge >= 0.3 is 0 Å². The molecule has 2 rings (SSSR count). The van der Waals surface area contributed by atoms with Gasteiger partial charge in [-0.2, -0.15) is 10.2 Å². The van der Waals surface area contributed by atoms with Crippen molar-refractivity contribution in [2.45, 2.75) is 13.3 Å². The summed E-state index contributed by atoms with van der Waals surface area (Å²) in [7, 11) is 0. The lowest BCUT2D eigenvalue weighted by molar-refractivity contribution is 0.317. The molecule has 0 aliphatic heterocycles. The molecule has 0 atom stereocenters. The van der Waals surface area contributed by atoms with Crippen LogP contribution in [0.15, 0.2) is 24.3 Å². The normalized spacial score (nSPS) is 10.0. The Balaban J connectivity index is 2.49. The van der Waals surface area contributed by atoms with Gasteiger partial charge in [-0.15, -0.1) is 0 Å². The smallest absolute Gasteiger partial charge is 0.222 e. The average Bonchev–Trinajstić information content (AvgIpc) is 2.44. The maximum Gasteiger partial charge on any atom is 0.222 e. The van der Waals surface area contributed by atoms with Crippen molar-refractivity contribution in [3.63, 3.8) is 0 Å². The number of rotatable bonds is 4. The summed E-state index contributed by atoms with van der Waals surface area (Å²) in [5, 5.41) is 9.18. The number of anilines is 2. The topological polar surface area (TPSA) is 111 Å². The van der Waals surface area contributed by atoms with Gasteiger partial charge < -0.3 is 16.2 Å². The molecule has 1 heterocycles. The van der Waals surface area contributed by atoms with Crippen LogP contribution in [0.4, 0.5) is 11.8 Å². The van der Waals surface area contributed by atoms with E-state index in [2.05, 4.69) is 9.97 Å². The van der Waals surface area contributed by atoms with Crippen LogP contribution in [0.5, 0.6) is 5.75 Å². The molecule has 0 fully saturated rings. The van der Waals surface area contributed by atoms with Gasteiger partial charge in [0.25, 0.3) is 0 Å². The molecule has 6 nitrogen and oxygen atoms in total. The predicted molar refractivity (Wildman–Crippen MR) is 76.8 cm³/mol. The number of hydrogen-bond acceptors (Lipinski definition) is 6. The molecule has 1 aromatic carbocycles. The van der Waals surface area contributed by atoms with E-state index in [1.165, 1.54) is 0 Å². The SMILES string of the molecule is CCCOc1cccc(-c2nc(N)nc(N)c2C#N)c1. The number of nitrogens with zero attached hydrogens (tertiary/aromatic N) is 3. The maximum absolute atomic E-state index is 9.18. The average molecular weight is 269 g/mol. The summed E-state index contributed by atoms with van der Waals surface area (Å²) >= 11 is 0. The van der Waals surface area contributed by atoms with Crippen LogP contribution in [0.2, 0.25) is 0 Å². The Morgan fingerprint density at radius 2 is 2.10 bits per heavy atom. The monoisotopic (exact) mass is 269 g/mol. The molecule has 0 aliphatic rings. The van der Waals surface area contributed by atoms with Crippen molar-refractivity contribution >= 4 is 11.8 Å². The fourth-order valence-electron chi connectivity index (χ4n) is 1.77. The predicted octanol–water partition coefficient (Wildman–Crippen LogP) is 1.97. The number of aromatic nitrogens is 2. The van der Waals surface area contributed by atoms with E-state index in [1.807, 2.05) is 31.2 Å². The molecule has 0 bridgehead atoms. The minimum Gasteiger partial charge on any atom is -0.494 e. The van der Waals surface area contributed by atoms with Gasteiger partial charge in [-0.3, -0.25) is 0 Å². The lowest BCUT2D eigenvalue weighted by Crippen LogP contribution is -2.05. The quantitative estimate of drug-likeness (QED) is 0.877. The number of nitriles is 1. The molecule has 4 N–H and O–H groups in total. The Bertz CT molecular complexity index is 663. The fraction of sp³-hybridized carbons (Fsp3) is 0.214. The Morgan fingerprint density at radius 1 is 1.30 bits per heavy atom. The van der Waals surface area contributed by atoms with E-state index in [-0.39, 0.29) is 17.3 Å². The van der Waals surface area contributed by atoms with Gasteiger partial charge in [0.2, 0.25) is 5.95 Å². The Morgan fingerprint density at radius 3 is 2.80 bits per heavy atom. The highest BCUT2D eigenvalue weighted by molar-refractivity contribution is 5.73. The summed E-state index contributed by atoms with van der Waals surface area (Å²) in [5.41, 5.74) is 12.6. The Labute approximate surface area is 117 Å². The minimum atomic E-state index is 0.0383. The van der Waals surface area contributed by atoms with Crippen LogP contribution in [-0.4, -0.2) is 16.6 Å². The molecule has 0 spiro atoms. The summed E-state index contributed by atoms with van der Waals surface area (Å²) in [6, 6.07) is 9.31. The third-order valence-corrected chi connectivity index (χ3v) is 2.65. The van der Waals surface area contributed by atoms with Crippen molar-refractivity contribution in [1.29, 1.82) is 5.26 Å². The largest absolute Gasteiger partial charge is 0.494 e. The maximum atomic E-state index is 9.18. The first-order chi connectivity index (χ1) is 9.65. The molecule has 20 heavy (non-hydrogen) atoms. The van der Waals surface area contributed by atoms with Crippen LogP contribution in [0.3, 0.4) is 0 Å². The number of benzene rings is 1. The highest BCUT2D eigenvalue weighted by Gasteiger charge is 2.13. The molecule has 0 saturated carbocycles. The lowest BCUT2D eigenvalue weighted by atomic mass is 10.1. The molecule has 0 unspecified atom stereocenters. The molecule has 1 aromatic heterocycles. The molecule has 0 saturated heterocycles. The van der Waals surface area contributed by atoms with Gasteiger partial charge in [0, 0.05) is 5.56 Å². The van der Waals surface area contributed by atoms with E-state index < -0.39 is 0 Å². The second-order valence-corrected chi connectivity index (χ2v) is 4.18. The third kappa shape index (κ3) is 2.78. The van der Waals surface area contributed by atoms with Gasteiger partial charge in [-0.05, 0) is 18.6 Å². The van der Waals surface area contributed by atoms with E-state index >= 15 is 0 Å². The van der Waals surface area contributed by atoms with Crippen LogP contribution < -0.4 is 16.2 Å². The highest BCUT2D eigenvalue weighted by atomic mass is 16.5. The van der Waals surface area contributed by atoms with Gasteiger partial charge in [-0.1, -0.05) is 19.1 Å². The molecular formula is C14H15N5O. The summed E-state index contributed by atoms with van der Waals surface area (Å²) in [4.78, 5) is 7.90. The molecule has 102 valence electrons. The van der Waals surface area contributed by atoms with E-state index in [9.17, 15) is 5.26 Å². The van der Waals surface area contributed by atoms with Gasteiger partial charge in [0.05, 0.1) is 12.3 Å². The molecule has 6 heteroatoms. The van der Waals surface area contributed by atoms with E-state index in [1.54, 1.807) is 6.07 Å². The van der Waals surface area contributed by atoms with Crippen molar-refractivity contribution in [2.75, 3.05) is 18.1 Å². The first-order valence-corrected chi connectivity index (χ1v) is 6.22. The van der Waals surface area contributed by atoms with Gasteiger partial charge in [-0.25, -0.2) is 4.98 Å². The standard InChI is InChI=1S/C14H15N5O/c1-2-6-20-10-5-3-4-9(7-10)12-11(8-15)13(16)19-14(17)18-12/h3-5,7H,2,6H2,1H3,(H4,16,17,18,19). The zero-order valence-electron chi connectivity index (χ0n) is 11.1. The van der Waals surface area contributed by atoms with Crippen LogP contribution in [-0.2, 0) is 0 Å². The number of nitrogens with two attached hydrogens (primary N) is 2. The van der Waals surface area contributed by atoms with Crippen LogP contribution in [0, 0.1) is 11.3 Å².